The molecule has 0 aliphatic carbocycles. The SMILES string of the molecule is CC(C)c1ccccc1OCCCCC(C)(C)C(=O)O. The molecule has 0 heterocycles. The van der Waals surface area contributed by atoms with Gasteiger partial charge in [-0.2, -0.15) is 0 Å². The van der Waals surface area contributed by atoms with E-state index in [-0.39, 0.29) is 0 Å². The molecule has 0 unspecified atom stereocenters. The molecule has 1 aromatic carbocycles. The lowest BCUT2D eigenvalue weighted by Gasteiger charge is -2.19. The maximum absolute atomic E-state index is 11.0. The summed E-state index contributed by atoms with van der Waals surface area (Å²) in [6.45, 7) is 8.48. The summed E-state index contributed by atoms with van der Waals surface area (Å²) in [7, 11) is 0. The van der Waals surface area contributed by atoms with Crippen LogP contribution in [-0.4, -0.2) is 17.7 Å². The molecule has 112 valence electrons. The lowest BCUT2D eigenvalue weighted by atomic mass is 9.87. The molecule has 0 amide bonds. The Kier molecular flexibility index (Phi) is 6.05. The number of hydrogen-bond donors (Lipinski definition) is 1. The van der Waals surface area contributed by atoms with E-state index in [2.05, 4.69) is 19.9 Å². The summed E-state index contributed by atoms with van der Waals surface area (Å²) in [5, 5.41) is 9.04. The number of para-hydroxylation sites is 1. The zero-order chi connectivity index (χ0) is 15.2. The maximum Gasteiger partial charge on any atom is 0.309 e. The van der Waals surface area contributed by atoms with E-state index in [4.69, 9.17) is 9.84 Å². The molecule has 3 heteroatoms. The molecule has 0 aliphatic rings. The second-order valence-corrected chi connectivity index (χ2v) is 6.19. The number of rotatable bonds is 8. The number of carboxylic acid groups (broad SMARTS) is 1. The van der Waals surface area contributed by atoms with Crippen LogP contribution in [0.1, 0.15) is 58.4 Å². The molecule has 0 fully saturated rings. The third-order valence-corrected chi connectivity index (χ3v) is 3.57. The quantitative estimate of drug-likeness (QED) is 0.714. The van der Waals surface area contributed by atoms with Gasteiger partial charge in [-0.05, 0) is 50.7 Å². The summed E-state index contributed by atoms with van der Waals surface area (Å²) in [6, 6.07) is 8.09. The fourth-order valence-corrected chi connectivity index (χ4v) is 2.05. The number of unbranched alkanes of at least 4 members (excludes halogenated alkanes) is 1. The van der Waals surface area contributed by atoms with Crippen LogP contribution in [-0.2, 0) is 4.79 Å². The van der Waals surface area contributed by atoms with Gasteiger partial charge in [0.05, 0.1) is 12.0 Å². The van der Waals surface area contributed by atoms with E-state index in [0.29, 0.717) is 18.9 Å². The van der Waals surface area contributed by atoms with Crippen LogP contribution >= 0.6 is 0 Å². The molecule has 0 spiro atoms. The third kappa shape index (κ3) is 4.87. The minimum absolute atomic E-state index is 0.442. The predicted molar refractivity (Wildman–Crippen MR) is 81.3 cm³/mol. The van der Waals surface area contributed by atoms with Crippen molar-refractivity contribution in [3.8, 4) is 5.75 Å². The molecule has 20 heavy (non-hydrogen) atoms. The molecule has 0 atom stereocenters. The van der Waals surface area contributed by atoms with Gasteiger partial charge in [0.1, 0.15) is 5.75 Å². The second kappa shape index (κ2) is 7.32. The van der Waals surface area contributed by atoms with Crippen molar-refractivity contribution < 1.29 is 14.6 Å². The van der Waals surface area contributed by atoms with Crippen molar-refractivity contribution in [3.63, 3.8) is 0 Å². The molecule has 3 nitrogen and oxygen atoms in total. The number of benzene rings is 1. The fraction of sp³-hybridized carbons (Fsp3) is 0.588. The molecule has 0 radical (unpaired) electrons. The van der Waals surface area contributed by atoms with Crippen LogP contribution in [0.5, 0.6) is 5.75 Å². The zero-order valence-corrected chi connectivity index (χ0v) is 13.0. The van der Waals surface area contributed by atoms with E-state index in [1.807, 2.05) is 18.2 Å². The van der Waals surface area contributed by atoms with E-state index in [9.17, 15) is 4.79 Å². The van der Waals surface area contributed by atoms with Crippen LogP contribution in [0.4, 0.5) is 0 Å². The Morgan fingerprint density at radius 3 is 2.50 bits per heavy atom. The van der Waals surface area contributed by atoms with E-state index in [1.165, 1.54) is 5.56 Å². The van der Waals surface area contributed by atoms with E-state index in [1.54, 1.807) is 13.8 Å². The number of carboxylic acids is 1. The third-order valence-electron chi connectivity index (χ3n) is 3.57. The Hall–Kier alpha value is -1.51. The number of hydrogen-bond acceptors (Lipinski definition) is 2. The van der Waals surface area contributed by atoms with Crippen molar-refractivity contribution in [1.82, 2.24) is 0 Å². The molecular formula is C17H26O3. The minimum atomic E-state index is -0.733. The Balaban J connectivity index is 2.37. The molecule has 0 saturated carbocycles. The molecule has 0 aliphatic heterocycles. The second-order valence-electron chi connectivity index (χ2n) is 6.19. The Morgan fingerprint density at radius 2 is 1.90 bits per heavy atom. The highest BCUT2D eigenvalue weighted by molar-refractivity contribution is 5.73. The monoisotopic (exact) mass is 278 g/mol. The van der Waals surface area contributed by atoms with Crippen LogP contribution in [0.2, 0.25) is 0 Å². The van der Waals surface area contributed by atoms with E-state index < -0.39 is 11.4 Å². The van der Waals surface area contributed by atoms with Gasteiger partial charge in [0.15, 0.2) is 0 Å². The number of carbonyl (C=O) groups is 1. The van der Waals surface area contributed by atoms with Crippen LogP contribution in [0.3, 0.4) is 0 Å². The Labute approximate surface area is 122 Å². The van der Waals surface area contributed by atoms with Crippen molar-refractivity contribution in [1.29, 1.82) is 0 Å². The van der Waals surface area contributed by atoms with Gasteiger partial charge in [0, 0.05) is 0 Å². The Bertz CT molecular complexity index is 436. The number of aliphatic carboxylic acids is 1. The van der Waals surface area contributed by atoms with E-state index >= 15 is 0 Å². The van der Waals surface area contributed by atoms with Crippen LogP contribution in [0.15, 0.2) is 24.3 Å². The van der Waals surface area contributed by atoms with Gasteiger partial charge in [0.25, 0.3) is 0 Å². The van der Waals surface area contributed by atoms with Crippen LogP contribution < -0.4 is 4.74 Å². The van der Waals surface area contributed by atoms with Gasteiger partial charge in [-0.3, -0.25) is 4.79 Å². The lowest BCUT2D eigenvalue weighted by molar-refractivity contribution is -0.147. The lowest BCUT2D eigenvalue weighted by Crippen LogP contribution is -2.23. The average Bonchev–Trinajstić information content (AvgIpc) is 2.38. The Morgan fingerprint density at radius 1 is 1.25 bits per heavy atom. The van der Waals surface area contributed by atoms with Crippen molar-refractivity contribution in [2.75, 3.05) is 6.61 Å². The number of ether oxygens (including phenoxy) is 1. The maximum atomic E-state index is 11.0. The zero-order valence-electron chi connectivity index (χ0n) is 13.0. The van der Waals surface area contributed by atoms with Crippen molar-refractivity contribution in [2.45, 2.75) is 52.9 Å². The first-order chi connectivity index (χ1) is 9.34. The molecular weight excluding hydrogens is 252 g/mol. The van der Waals surface area contributed by atoms with Gasteiger partial charge < -0.3 is 9.84 Å². The van der Waals surface area contributed by atoms with Gasteiger partial charge in [0.2, 0.25) is 0 Å². The normalized spacial score (nSPS) is 11.7. The molecule has 0 aromatic heterocycles. The summed E-state index contributed by atoms with van der Waals surface area (Å²) in [5.74, 6) is 0.653. The van der Waals surface area contributed by atoms with Gasteiger partial charge in [-0.1, -0.05) is 32.0 Å². The molecule has 1 rings (SSSR count). The molecule has 1 N–H and O–H groups in total. The van der Waals surface area contributed by atoms with Crippen LogP contribution in [0.25, 0.3) is 0 Å². The molecule has 0 saturated heterocycles. The largest absolute Gasteiger partial charge is 0.493 e. The first kappa shape index (κ1) is 16.5. The summed E-state index contributed by atoms with van der Waals surface area (Å²) < 4.78 is 5.83. The van der Waals surface area contributed by atoms with Gasteiger partial charge >= 0.3 is 5.97 Å². The molecule has 1 aromatic rings. The highest BCUT2D eigenvalue weighted by Gasteiger charge is 2.25. The summed E-state index contributed by atoms with van der Waals surface area (Å²) in [5.41, 5.74) is 0.578. The van der Waals surface area contributed by atoms with Crippen LogP contribution in [0, 0.1) is 5.41 Å². The smallest absolute Gasteiger partial charge is 0.309 e. The standard InChI is InChI=1S/C17H26O3/c1-13(2)14-9-5-6-10-15(14)20-12-8-7-11-17(3,4)16(18)19/h5-6,9-10,13H,7-8,11-12H2,1-4H3,(H,18,19). The van der Waals surface area contributed by atoms with Gasteiger partial charge in [-0.25, -0.2) is 0 Å². The first-order valence-corrected chi connectivity index (χ1v) is 7.29. The fourth-order valence-electron chi connectivity index (χ4n) is 2.05. The summed E-state index contributed by atoms with van der Waals surface area (Å²) >= 11 is 0. The van der Waals surface area contributed by atoms with E-state index in [0.717, 1.165) is 18.6 Å². The van der Waals surface area contributed by atoms with Crippen molar-refractivity contribution in [2.24, 2.45) is 5.41 Å². The van der Waals surface area contributed by atoms with Gasteiger partial charge in [-0.15, -0.1) is 0 Å². The predicted octanol–water partition coefficient (Wildman–Crippen LogP) is 4.47. The summed E-state index contributed by atoms with van der Waals surface area (Å²) in [4.78, 5) is 11.0. The highest BCUT2D eigenvalue weighted by Crippen LogP contribution is 2.27. The van der Waals surface area contributed by atoms with Crippen molar-refractivity contribution >= 4 is 5.97 Å². The molecule has 0 bridgehead atoms. The average molecular weight is 278 g/mol. The highest BCUT2D eigenvalue weighted by atomic mass is 16.5. The topological polar surface area (TPSA) is 46.5 Å². The summed E-state index contributed by atoms with van der Waals surface area (Å²) in [6.07, 6.45) is 2.42. The van der Waals surface area contributed by atoms with Crippen molar-refractivity contribution in [3.05, 3.63) is 29.8 Å². The first-order valence-electron chi connectivity index (χ1n) is 7.29. The minimum Gasteiger partial charge on any atom is -0.493 e.